The van der Waals surface area contributed by atoms with Crippen LogP contribution >= 0.6 is 0 Å². The molecule has 1 saturated heterocycles. The van der Waals surface area contributed by atoms with Gasteiger partial charge in [-0.15, -0.1) is 0 Å². The Kier molecular flexibility index (Phi) is 4.93. The number of hydrogen-bond donors (Lipinski definition) is 1. The number of morpholine rings is 1. The molecule has 0 spiro atoms. The van der Waals surface area contributed by atoms with Gasteiger partial charge in [0.05, 0.1) is 13.2 Å². The standard InChI is InChI=1S/C16H25N7O2/c1-22(6-7-23-8-10-24-11-9-23)16-15(17-12-4-2-3-5-12)18-13-14(19-16)21-25-20-13/h12H,2-11H2,1H3,(H,17,18,20). The number of fused-ring (bicyclic) bond motifs is 1. The fourth-order valence-electron chi connectivity index (χ4n) is 3.48. The second-order valence-electron chi connectivity index (χ2n) is 6.81. The van der Waals surface area contributed by atoms with Gasteiger partial charge < -0.3 is 15.0 Å². The van der Waals surface area contributed by atoms with Crippen molar-refractivity contribution in [1.29, 1.82) is 0 Å². The summed E-state index contributed by atoms with van der Waals surface area (Å²) < 4.78 is 10.2. The molecule has 2 aliphatic rings. The molecule has 1 aliphatic heterocycles. The number of nitrogens with zero attached hydrogens (tertiary/aromatic N) is 6. The molecule has 136 valence electrons. The minimum atomic E-state index is 0.449. The fourth-order valence-corrected chi connectivity index (χ4v) is 3.48. The van der Waals surface area contributed by atoms with Crippen LogP contribution in [0.1, 0.15) is 25.7 Å². The Bertz CT molecular complexity index is 695. The maximum atomic E-state index is 5.41. The van der Waals surface area contributed by atoms with Gasteiger partial charge in [-0.25, -0.2) is 14.6 Å². The van der Waals surface area contributed by atoms with Crippen LogP contribution in [0.2, 0.25) is 0 Å². The molecule has 2 fully saturated rings. The number of likely N-dealkylation sites (N-methyl/N-ethyl adjacent to an activating group) is 1. The van der Waals surface area contributed by atoms with E-state index in [9.17, 15) is 0 Å². The molecule has 9 nitrogen and oxygen atoms in total. The van der Waals surface area contributed by atoms with E-state index in [4.69, 9.17) is 9.37 Å². The number of ether oxygens (including phenoxy) is 1. The lowest BCUT2D eigenvalue weighted by atomic mass is 10.2. The van der Waals surface area contributed by atoms with Crippen molar-refractivity contribution in [2.75, 3.05) is 56.7 Å². The summed E-state index contributed by atoms with van der Waals surface area (Å²) in [6.45, 7) is 5.44. The smallest absolute Gasteiger partial charge is 0.245 e. The molecular weight excluding hydrogens is 322 g/mol. The molecule has 1 N–H and O–H groups in total. The van der Waals surface area contributed by atoms with Crippen molar-refractivity contribution in [3.63, 3.8) is 0 Å². The molecule has 0 radical (unpaired) electrons. The molecule has 9 heteroatoms. The van der Waals surface area contributed by atoms with E-state index >= 15 is 0 Å². The average molecular weight is 347 g/mol. The summed E-state index contributed by atoms with van der Waals surface area (Å²) in [7, 11) is 2.05. The summed E-state index contributed by atoms with van der Waals surface area (Å²) in [6, 6.07) is 0.456. The summed E-state index contributed by atoms with van der Waals surface area (Å²) in [6.07, 6.45) is 4.88. The van der Waals surface area contributed by atoms with Crippen molar-refractivity contribution < 1.29 is 9.37 Å². The van der Waals surface area contributed by atoms with Gasteiger partial charge in [-0.05, 0) is 23.2 Å². The lowest BCUT2D eigenvalue weighted by Crippen LogP contribution is -2.41. The topological polar surface area (TPSA) is 92.4 Å². The summed E-state index contributed by atoms with van der Waals surface area (Å²) in [5.74, 6) is 1.59. The maximum Gasteiger partial charge on any atom is 0.245 e. The van der Waals surface area contributed by atoms with Gasteiger partial charge in [0.25, 0.3) is 0 Å². The molecule has 4 rings (SSSR count). The van der Waals surface area contributed by atoms with Gasteiger partial charge in [-0.2, -0.15) is 0 Å². The highest BCUT2D eigenvalue weighted by Gasteiger charge is 2.21. The van der Waals surface area contributed by atoms with Gasteiger partial charge in [0.2, 0.25) is 11.3 Å². The van der Waals surface area contributed by atoms with Gasteiger partial charge in [0.1, 0.15) is 0 Å². The third-order valence-electron chi connectivity index (χ3n) is 5.01. The molecule has 1 saturated carbocycles. The molecule has 2 aromatic rings. The lowest BCUT2D eigenvalue weighted by molar-refractivity contribution is 0.0393. The SMILES string of the molecule is CN(CCN1CCOCC1)c1nc2nonc2nc1NC1CCCC1. The number of rotatable bonds is 6. The van der Waals surface area contributed by atoms with Crippen molar-refractivity contribution >= 4 is 22.9 Å². The monoisotopic (exact) mass is 347 g/mol. The second-order valence-corrected chi connectivity index (χ2v) is 6.81. The Labute approximate surface area is 146 Å². The van der Waals surface area contributed by atoms with Crippen molar-refractivity contribution in [3.05, 3.63) is 0 Å². The molecule has 0 atom stereocenters. The van der Waals surface area contributed by atoms with Crippen LogP contribution < -0.4 is 10.2 Å². The third-order valence-corrected chi connectivity index (χ3v) is 5.01. The summed E-state index contributed by atoms with van der Waals surface area (Å²) in [5.41, 5.74) is 0.899. The quantitative estimate of drug-likeness (QED) is 0.825. The summed E-state index contributed by atoms with van der Waals surface area (Å²) in [5, 5.41) is 11.2. The molecule has 0 bridgehead atoms. The Morgan fingerprint density at radius 3 is 2.60 bits per heavy atom. The summed E-state index contributed by atoms with van der Waals surface area (Å²) >= 11 is 0. The van der Waals surface area contributed by atoms with E-state index in [1.165, 1.54) is 25.7 Å². The van der Waals surface area contributed by atoms with Gasteiger partial charge in [-0.3, -0.25) is 4.90 Å². The summed E-state index contributed by atoms with van der Waals surface area (Å²) in [4.78, 5) is 13.8. The van der Waals surface area contributed by atoms with E-state index in [1.54, 1.807) is 0 Å². The predicted octanol–water partition coefficient (Wildman–Crippen LogP) is 1.14. The Morgan fingerprint density at radius 1 is 1.12 bits per heavy atom. The zero-order valence-corrected chi connectivity index (χ0v) is 14.6. The zero-order chi connectivity index (χ0) is 17.1. The average Bonchev–Trinajstić information content (AvgIpc) is 3.31. The Hall–Kier alpha value is -2.00. The first-order valence-corrected chi connectivity index (χ1v) is 9.08. The van der Waals surface area contributed by atoms with Crippen LogP contribution in [-0.2, 0) is 4.74 Å². The Balaban J connectivity index is 1.50. The number of hydrogen-bond acceptors (Lipinski definition) is 9. The molecule has 0 aromatic carbocycles. The van der Waals surface area contributed by atoms with Crippen LogP contribution in [0.4, 0.5) is 11.6 Å². The third kappa shape index (κ3) is 3.82. The molecule has 0 unspecified atom stereocenters. The van der Waals surface area contributed by atoms with Gasteiger partial charge in [0, 0.05) is 39.3 Å². The molecule has 25 heavy (non-hydrogen) atoms. The molecule has 0 amide bonds. The Morgan fingerprint density at radius 2 is 1.84 bits per heavy atom. The van der Waals surface area contributed by atoms with Crippen molar-refractivity contribution in [2.24, 2.45) is 0 Å². The van der Waals surface area contributed by atoms with E-state index in [0.717, 1.165) is 51.0 Å². The van der Waals surface area contributed by atoms with E-state index in [-0.39, 0.29) is 0 Å². The highest BCUT2D eigenvalue weighted by atomic mass is 16.6. The first-order valence-electron chi connectivity index (χ1n) is 9.08. The first-order chi connectivity index (χ1) is 12.3. The van der Waals surface area contributed by atoms with E-state index in [2.05, 4.69) is 35.4 Å². The molecule has 1 aliphatic carbocycles. The van der Waals surface area contributed by atoms with E-state index in [1.807, 2.05) is 7.05 Å². The normalized spacial score (nSPS) is 19.6. The van der Waals surface area contributed by atoms with Crippen LogP contribution in [0.3, 0.4) is 0 Å². The van der Waals surface area contributed by atoms with Crippen LogP contribution in [-0.4, -0.2) is 77.7 Å². The van der Waals surface area contributed by atoms with Gasteiger partial charge in [-0.1, -0.05) is 12.8 Å². The van der Waals surface area contributed by atoms with E-state index < -0.39 is 0 Å². The highest BCUT2D eigenvalue weighted by molar-refractivity contribution is 5.74. The van der Waals surface area contributed by atoms with Gasteiger partial charge >= 0.3 is 0 Å². The molecular formula is C16H25N7O2. The maximum absolute atomic E-state index is 5.41. The largest absolute Gasteiger partial charge is 0.379 e. The van der Waals surface area contributed by atoms with Crippen LogP contribution in [0.15, 0.2) is 4.63 Å². The van der Waals surface area contributed by atoms with E-state index in [0.29, 0.717) is 17.3 Å². The minimum absolute atomic E-state index is 0.449. The van der Waals surface area contributed by atoms with Gasteiger partial charge in [0.15, 0.2) is 11.6 Å². The van der Waals surface area contributed by atoms with Crippen LogP contribution in [0.25, 0.3) is 11.3 Å². The van der Waals surface area contributed by atoms with Crippen molar-refractivity contribution in [1.82, 2.24) is 25.2 Å². The molecule has 2 aromatic heterocycles. The van der Waals surface area contributed by atoms with Crippen molar-refractivity contribution in [2.45, 2.75) is 31.7 Å². The van der Waals surface area contributed by atoms with Crippen molar-refractivity contribution in [3.8, 4) is 0 Å². The highest BCUT2D eigenvalue weighted by Crippen LogP contribution is 2.27. The van der Waals surface area contributed by atoms with Crippen LogP contribution in [0, 0.1) is 0 Å². The van der Waals surface area contributed by atoms with Crippen LogP contribution in [0.5, 0.6) is 0 Å². The predicted molar refractivity (Wildman–Crippen MR) is 93.8 cm³/mol. The fraction of sp³-hybridized carbons (Fsp3) is 0.750. The number of nitrogens with one attached hydrogen (secondary N) is 1. The number of aromatic nitrogens is 4. The number of anilines is 2. The lowest BCUT2D eigenvalue weighted by Gasteiger charge is -2.29. The second kappa shape index (κ2) is 7.49. The minimum Gasteiger partial charge on any atom is -0.379 e. The zero-order valence-electron chi connectivity index (χ0n) is 14.6. The molecule has 3 heterocycles. The first kappa shape index (κ1) is 16.5.